The summed E-state index contributed by atoms with van der Waals surface area (Å²) in [6.45, 7) is 5.95. The number of hydrogen-bond acceptors (Lipinski definition) is 6. The molecule has 1 aromatic heterocycles. The largest absolute Gasteiger partial charge is 0.346 e. The molecule has 0 aliphatic heterocycles. The van der Waals surface area contributed by atoms with E-state index in [1.165, 1.54) is 6.07 Å². The van der Waals surface area contributed by atoms with Crippen LogP contribution in [0.3, 0.4) is 0 Å². The first-order valence-corrected chi connectivity index (χ1v) is 7.28. The van der Waals surface area contributed by atoms with Crippen LogP contribution in [0.1, 0.15) is 43.8 Å². The van der Waals surface area contributed by atoms with Crippen LogP contribution in [0.25, 0.3) is 0 Å². The minimum absolute atomic E-state index is 0.0702. The first-order chi connectivity index (χ1) is 10.5. The van der Waals surface area contributed by atoms with Crippen molar-refractivity contribution in [3.05, 3.63) is 51.3 Å². The molecule has 7 heteroatoms. The van der Waals surface area contributed by atoms with Crippen LogP contribution >= 0.6 is 0 Å². The van der Waals surface area contributed by atoms with Gasteiger partial charge in [-0.25, -0.2) is 4.98 Å². The van der Waals surface area contributed by atoms with Crippen molar-refractivity contribution in [1.82, 2.24) is 15.2 Å². The molecular weight excluding hydrogens is 282 g/mol. The normalized spacial score (nSPS) is 12.0. The third-order valence-electron chi connectivity index (χ3n) is 3.44. The van der Waals surface area contributed by atoms with Crippen LogP contribution in [-0.4, -0.2) is 20.1 Å². The number of anilines is 1. The summed E-state index contributed by atoms with van der Waals surface area (Å²) in [5.74, 6) is 0.438. The van der Waals surface area contributed by atoms with Crippen molar-refractivity contribution in [3.8, 4) is 0 Å². The van der Waals surface area contributed by atoms with E-state index in [9.17, 15) is 10.1 Å². The Bertz CT molecular complexity index is 675. The number of nitro benzene ring substituents is 1. The lowest BCUT2D eigenvalue weighted by molar-refractivity contribution is -0.384. The number of nitrogens with zero attached hydrogens (tertiary/aromatic N) is 4. The number of aromatic nitrogens is 3. The number of benzene rings is 1. The molecule has 0 spiro atoms. The van der Waals surface area contributed by atoms with Gasteiger partial charge in [0.1, 0.15) is 0 Å². The highest BCUT2D eigenvalue weighted by Gasteiger charge is 2.13. The maximum absolute atomic E-state index is 10.8. The van der Waals surface area contributed by atoms with E-state index in [-0.39, 0.29) is 11.7 Å². The summed E-state index contributed by atoms with van der Waals surface area (Å²) in [6.07, 6.45) is 1.59. The van der Waals surface area contributed by atoms with Gasteiger partial charge < -0.3 is 5.32 Å². The second-order valence-corrected chi connectivity index (χ2v) is 4.95. The third-order valence-corrected chi connectivity index (χ3v) is 3.44. The lowest BCUT2D eigenvalue weighted by atomic mass is 10.1. The predicted molar refractivity (Wildman–Crippen MR) is 83.7 cm³/mol. The fraction of sp³-hybridized carbons (Fsp3) is 0.400. The third kappa shape index (κ3) is 3.55. The van der Waals surface area contributed by atoms with Gasteiger partial charge in [0.25, 0.3) is 5.69 Å². The summed E-state index contributed by atoms with van der Waals surface area (Å²) >= 11 is 0. The van der Waals surface area contributed by atoms with E-state index >= 15 is 0 Å². The van der Waals surface area contributed by atoms with E-state index in [4.69, 9.17) is 0 Å². The van der Waals surface area contributed by atoms with Crippen molar-refractivity contribution in [2.24, 2.45) is 0 Å². The zero-order valence-electron chi connectivity index (χ0n) is 12.9. The molecule has 0 bridgehead atoms. The van der Waals surface area contributed by atoms with Gasteiger partial charge in [-0.3, -0.25) is 10.1 Å². The molecule has 1 atom stereocenters. The van der Waals surface area contributed by atoms with Gasteiger partial charge >= 0.3 is 0 Å². The van der Waals surface area contributed by atoms with Gasteiger partial charge in [-0.2, -0.15) is 5.10 Å². The predicted octanol–water partition coefficient (Wildman–Crippen LogP) is 3.08. The molecule has 0 fully saturated rings. The summed E-state index contributed by atoms with van der Waals surface area (Å²) in [7, 11) is 0. The van der Waals surface area contributed by atoms with Crippen LogP contribution in [0.5, 0.6) is 0 Å². The number of non-ortho nitro benzene ring substituents is 1. The maximum atomic E-state index is 10.8. The molecule has 1 heterocycles. The van der Waals surface area contributed by atoms with Crippen molar-refractivity contribution in [1.29, 1.82) is 0 Å². The van der Waals surface area contributed by atoms with Gasteiger partial charge in [0.15, 0.2) is 0 Å². The lowest BCUT2D eigenvalue weighted by Crippen LogP contribution is -2.13. The second-order valence-electron chi connectivity index (χ2n) is 4.95. The van der Waals surface area contributed by atoms with E-state index in [2.05, 4.69) is 20.5 Å². The molecule has 116 valence electrons. The van der Waals surface area contributed by atoms with Crippen LogP contribution < -0.4 is 5.32 Å². The standard InChI is InChI=1S/C15H19N5O2/c1-4-13-14(5-2)18-19-15(17-13)16-10(3)11-7-6-8-12(9-11)20(21)22/h6-10H,4-5H2,1-3H3,(H,16,17,19). The Labute approximate surface area is 129 Å². The topological polar surface area (TPSA) is 93.8 Å². The first kappa shape index (κ1) is 15.8. The monoisotopic (exact) mass is 301 g/mol. The molecule has 2 aromatic rings. The van der Waals surface area contributed by atoms with Crippen LogP contribution in [-0.2, 0) is 12.8 Å². The fourth-order valence-corrected chi connectivity index (χ4v) is 2.18. The van der Waals surface area contributed by atoms with Crippen molar-refractivity contribution >= 4 is 11.6 Å². The second kappa shape index (κ2) is 6.93. The minimum Gasteiger partial charge on any atom is -0.346 e. The average Bonchev–Trinajstić information content (AvgIpc) is 2.54. The highest BCUT2D eigenvalue weighted by molar-refractivity contribution is 5.39. The van der Waals surface area contributed by atoms with Gasteiger partial charge in [0.05, 0.1) is 22.4 Å². The Hall–Kier alpha value is -2.57. The average molecular weight is 301 g/mol. The van der Waals surface area contributed by atoms with Gasteiger partial charge in [0.2, 0.25) is 5.95 Å². The molecule has 0 amide bonds. The summed E-state index contributed by atoms with van der Waals surface area (Å²) in [4.78, 5) is 14.9. The Kier molecular flexibility index (Phi) is 4.98. The van der Waals surface area contributed by atoms with E-state index in [0.717, 1.165) is 29.8 Å². The molecule has 2 rings (SSSR count). The molecule has 1 aromatic carbocycles. The number of nitro groups is 1. The number of aryl methyl sites for hydroxylation is 2. The highest BCUT2D eigenvalue weighted by Crippen LogP contribution is 2.21. The van der Waals surface area contributed by atoms with Gasteiger partial charge in [0, 0.05) is 12.1 Å². The summed E-state index contributed by atoms with van der Waals surface area (Å²) in [5.41, 5.74) is 2.69. The van der Waals surface area contributed by atoms with Crippen molar-refractivity contribution < 1.29 is 4.92 Å². The van der Waals surface area contributed by atoms with Crippen LogP contribution in [0.4, 0.5) is 11.6 Å². The van der Waals surface area contributed by atoms with Crippen molar-refractivity contribution in [3.63, 3.8) is 0 Å². The quantitative estimate of drug-likeness (QED) is 0.651. The van der Waals surface area contributed by atoms with E-state index in [1.807, 2.05) is 26.8 Å². The van der Waals surface area contributed by atoms with Gasteiger partial charge in [-0.05, 0) is 25.3 Å². The Balaban J connectivity index is 2.19. The molecule has 1 unspecified atom stereocenters. The Morgan fingerprint density at radius 3 is 2.59 bits per heavy atom. The molecule has 0 radical (unpaired) electrons. The minimum atomic E-state index is -0.403. The smallest absolute Gasteiger partial charge is 0.269 e. The molecule has 0 saturated heterocycles. The molecule has 7 nitrogen and oxygen atoms in total. The van der Waals surface area contributed by atoms with Crippen LogP contribution in [0.15, 0.2) is 24.3 Å². The summed E-state index contributed by atoms with van der Waals surface area (Å²) < 4.78 is 0. The zero-order valence-corrected chi connectivity index (χ0v) is 12.9. The summed E-state index contributed by atoms with van der Waals surface area (Å²) in [5, 5.41) is 22.2. The van der Waals surface area contributed by atoms with Crippen LogP contribution in [0.2, 0.25) is 0 Å². The molecule has 0 saturated carbocycles. The van der Waals surface area contributed by atoms with Crippen LogP contribution in [0, 0.1) is 10.1 Å². The van der Waals surface area contributed by atoms with E-state index < -0.39 is 4.92 Å². The zero-order chi connectivity index (χ0) is 16.1. The molecule has 0 aliphatic carbocycles. The number of nitrogens with one attached hydrogen (secondary N) is 1. The fourth-order valence-electron chi connectivity index (χ4n) is 2.18. The SMILES string of the molecule is CCc1nnc(NC(C)c2cccc([N+](=O)[O-])c2)nc1CC. The molecule has 0 aliphatic rings. The number of hydrogen-bond donors (Lipinski definition) is 1. The summed E-state index contributed by atoms with van der Waals surface area (Å²) in [6, 6.07) is 6.37. The Morgan fingerprint density at radius 1 is 1.23 bits per heavy atom. The highest BCUT2D eigenvalue weighted by atomic mass is 16.6. The number of rotatable bonds is 6. The van der Waals surface area contributed by atoms with Crippen molar-refractivity contribution in [2.45, 2.75) is 39.7 Å². The molecule has 22 heavy (non-hydrogen) atoms. The lowest BCUT2D eigenvalue weighted by Gasteiger charge is -2.14. The Morgan fingerprint density at radius 2 is 1.95 bits per heavy atom. The first-order valence-electron chi connectivity index (χ1n) is 7.28. The maximum Gasteiger partial charge on any atom is 0.269 e. The molecular formula is C15H19N5O2. The van der Waals surface area contributed by atoms with E-state index in [0.29, 0.717) is 5.95 Å². The van der Waals surface area contributed by atoms with Crippen molar-refractivity contribution in [2.75, 3.05) is 5.32 Å². The van der Waals surface area contributed by atoms with Gasteiger partial charge in [-0.1, -0.05) is 26.0 Å². The van der Waals surface area contributed by atoms with E-state index in [1.54, 1.807) is 12.1 Å². The molecule has 1 N–H and O–H groups in total. The van der Waals surface area contributed by atoms with Gasteiger partial charge in [-0.15, -0.1) is 5.10 Å².